The van der Waals surface area contributed by atoms with Gasteiger partial charge in [-0.3, -0.25) is 9.79 Å². The summed E-state index contributed by atoms with van der Waals surface area (Å²) < 4.78 is 0. The van der Waals surface area contributed by atoms with Gasteiger partial charge in [0.2, 0.25) is 5.91 Å². The van der Waals surface area contributed by atoms with E-state index in [-0.39, 0.29) is 18.1 Å². The zero-order valence-corrected chi connectivity index (χ0v) is 11.3. The predicted molar refractivity (Wildman–Crippen MR) is 76.4 cm³/mol. The van der Waals surface area contributed by atoms with Crippen molar-refractivity contribution in [2.45, 2.75) is 18.6 Å². The van der Waals surface area contributed by atoms with Crippen LogP contribution in [0.15, 0.2) is 35.3 Å². The Bertz CT molecular complexity index is 503. The van der Waals surface area contributed by atoms with Gasteiger partial charge in [0.25, 0.3) is 0 Å². The fourth-order valence-electron chi connectivity index (χ4n) is 2.39. The molecule has 3 rings (SSSR count). The summed E-state index contributed by atoms with van der Waals surface area (Å²) in [6, 6.07) is 9.66. The van der Waals surface area contributed by atoms with Crippen molar-refractivity contribution in [2.75, 3.05) is 18.8 Å². The molecule has 0 saturated carbocycles. The number of benzene rings is 1. The zero-order chi connectivity index (χ0) is 13.2. The highest BCUT2D eigenvalue weighted by Crippen LogP contribution is 2.25. The van der Waals surface area contributed by atoms with E-state index in [9.17, 15) is 9.90 Å². The van der Waals surface area contributed by atoms with Crippen LogP contribution in [0.5, 0.6) is 0 Å². The fourth-order valence-corrected chi connectivity index (χ4v) is 3.43. The quantitative estimate of drug-likeness (QED) is 0.881. The summed E-state index contributed by atoms with van der Waals surface area (Å²) in [5, 5.41) is 10.4. The van der Waals surface area contributed by atoms with E-state index in [2.05, 4.69) is 4.99 Å². The van der Waals surface area contributed by atoms with Gasteiger partial charge in [0.1, 0.15) is 6.04 Å². The van der Waals surface area contributed by atoms with E-state index < -0.39 is 0 Å². The lowest BCUT2D eigenvalue weighted by molar-refractivity contribution is -0.131. The summed E-state index contributed by atoms with van der Waals surface area (Å²) in [7, 11) is 0. The first-order chi connectivity index (χ1) is 9.24. The summed E-state index contributed by atoms with van der Waals surface area (Å²) >= 11 is 1.63. The van der Waals surface area contributed by atoms with Gasteiger partial charge in [-0.2, -0.15) is 0 Å². The van der Waals surface area contributed by atoms with E-state index in [0.29, 0.717) is 25.3 Å². The van der Waals surface area contributed by atoms with Gasteiger partial charge < -0.3 is 10.0 Å². The predicted octanol–water partition coefficient (Wildman–Crippen LogP) is 1.14. The van der Waals surface area contributed by atoms with Crippen molar-refractivity contribution in [3.8, 4) is 0 Å². The highest BCUT2D eigenvalue weighted by atomic mass is 32.2. The topological polar surface area (TPSA) is 52.9 Å². The Balaban J connectivity index is 1.71. The van der Waals surface area contributed by atoms with Crippen LogP contribution >= 0.6 is 11.8 Å². The van der Waals surface area contributed by atoms with Crippen molar-refractivity contribution >= 4 is 22.7 Å². The minimum atomic E-state index is -0.365. The van der Waals surface area contributed by atoms with Crippen LogP contribution in [0.1, 0.15) is 12.0 Å². The molecule has 2 heterocycles. The number of hydrogen-bond donors (Lipinski definition) is 1. The molecule has 19 heavy (non-hydrogen) atoms. The van der Waals surface area contributed by atoms with E-state index in [1.54, 1.807) is 16.7 Å². The molecule has 1 aromatic rings. The monoisotopic (exact) mass is 276 g/mol. The number of nitrogens with zero attached hydrogens (tertiary/aromatic N) is 2. The molecular weight excluding hydrogens is 260 g/mol. The van der Waals surface area contributed by atoms with Gasteiger partial charge in [-0.05, 0) is 6.42 Å². The van der Waals surface area contributed by atoms with E-state index in [4.69, 9.17) is 0 Å². The fraction of sp³-hybridized carbons (Fsp3) is 0.429. The molecule has 2 aliphatic rings. The number of hydrogen-bond acceptors (Lipinski definition) is 4. The zero-order valence-electron chi connectivity index (χ0n) is 10.5. The second kappa shape index (κ2) is 5.35. The molecule has 100 valence electrons. The molecule has 0 aliphatic carbocycles. The van der Waals surface area contributed by atoms with Crippen molar-refractivity contribution in [3.63, 3.8) is 0 Å². The molecule has 2 aliphatic heterocycles. The van der Waals surface area contributed by atoms with Crippen LogP contribution in [0.3, 0.4) is 0 Å². The van der Waals surface area contributed by atoms with Crippen molar-refractivity contribution in [1.82, 2.24) is 4.90 Å². The second-order valence-electron chi connectivity index (χ2n) is 4.85. The molecule has 0 bridgehead atoms. The minimum Gasteiger partial charge on any atom is -0.391 e. The third kappa shape index (κ3) is 2.67. The first-order valence-corrected chi connectivity index (χ1v) is 7.45. The Labute approximate surface area is 116 Å². The minimum absolute atomic E-state index is 0.0509. The summed E-state index contributed by atoms with van der Waals surface area (Å²) in [6.45, 7) is 1.10. The van der Waals surface area contributed by atoms with Crippen molar-refractivity contribution in [3.05, 3.63) is 35.9 Å². The molecule has 1 aromatic carbocycles. The Hall–Kier alpha value is -1.33. The highest BCUT2D eigenvalue weighted by Gasteiger charge is 2.32. The smallest absolute Gasteiger partial charge is 0.248 e. The van der Waals surface area contributed by atoms with Crippen LogP contribution in [0.25, 0.3) is 0 Å². The third-order valence-electron chi connectivity index (χ3n) is 3.43. The Morgan fingerprint density at radius 2 is 2.16 bits per heavy atom. The number of carbonyl (C=O) groups is 1. The Morgan fingerprint density at radius 3 is 2.84 bits per heavy atom. The number of amides is 1. The number of aliphatic imine (C=N–C) groups is 1. The number of likely N-dealkylation sites (tertiary alicyclic amines) is 1. The average molecular weight is 276 g/mol. The van der Waals surface area contributed by atoms with Crippen LogP contribution in [0.4, 0.5) is 0 Å². The average Bonchev–Trinajstić information content (AvgIpc) is 3.08. The second-order valence-corrected chi connectivity index (χ2v) is 5.86. The van der Waals surface area contributed by atoms with E-state index in [1.165, 1.54) is 0 Å². The van der Waals surface area contributed by atoms with E-state index in [1.807, 2.05) is 30.3 Å². The maximum atomic E-state index is 12.3. The standard InChI is InChI=1S/C14H16N2O2S/c17-11-6-7-16(8-11)14(18)12-9-19-13(15-12)10-4-2-1-3-5-10/h1-5,11-12,17H,6-9H2/t11-,12?/m0/s1. The number of carbonyl (C=O) groups excluding carboxylic acids is 1. The van der Waals surface area contributed by atoms with Crippen LogP contribution in [0.2, 0.25) is 0 Å². The van der Waals surface area contributed by atoms with Gasteiger partial charge in [0, 0.05) is 24.4 Å². The Morgan fingerprint density at radius 1 is 1.37 bits per heavy atom. The molecule has 4 nitrogen and oxygen atoms in total. The molecule has 1 N–H and O–H groups in total. The summed E-state index contributed by atoms with van der Waals surface area (Å²) in [6.07, 6.45) is 0.316. The maximum absolute atomic E-state index is 12.3. The molecule has 5 heteroatoms. The molecule has 1 amide bonds. The van der Waals surface area contributed by atoms with Gasteiger partial charge in [-0.1, -0.05) is 30.3 Å². The molecule has 2 atom stereocenters. The van der Waals surface area contributed by atoms with E-state index in [0.717, 1.165) is 10.6 Å². The van der Waals surface area contributed by atoms with Crippen molar-refractivity contribution in [2.24, 2.45) is 4.99 Å². The molecule has 1 unspecified atom stereocenters. The van der Waals surface area contributed by atoms with Crippen molar-refractivity contribution < 1.29 is 9.90 Å². The first-order valence-electron chi connectivity index (χ1n) is 6.47. The Kier molecular flexibility index (Phi) is 3.57. The molecule has 0 radical (unpaired) electrons. The number of aliphatic hydroxyl groups is 1. The molecule has 0 aromatic heterocycles. The lowest BCUT2D eigenvalue weighted by Gasteiger charge is -2.17. The largest absolute Gasteiger partial charge is 0.391 e. The van der Waals surface area contributed by atoms with Gasteiger partial charge in [0.05, 0.1) is 11.1 Å². The molecule has 0 spiro atoms. The SMILES string of the molecule is O=C(C1CSC(c2ccccc2)=N1)N1CC[C@H](O)C1. The third-order valence-corrected chi connectivity index (χ3v) is 4.53. The van der Waals surface area contributed by atoms with Crippen molar-refractivity contribution in [1.29, 1.82) is 0 Å². The van der Waals surface area contributed by atoms with Crippen LogP contribution in [-0.2, 0) is 4.79 Å². The number of rotatable bonds is 2. The number of aliphatic hydroxyl groups excluding tert-OH is 1. The summed E-state index contributed by atoms with van der Waals surface area (Å²) in [4.78, 5) is 18.5. The highest BCUT2D eigenvalue weighted by molar-refractivity contribution is 8.14. The molecule has 1 saturated heterocycles. The van der Waals surface area contributed by atoms with Gasteiger partial charge in [0.15, 0.2) is 0 Å². The number of thioether (sulfide) groups is 1. The van der Waals surface area contributed by atoms with Crippen LogP contribution in [-0.4, -0.2) is 51.9 Å². The number of β-amino-alcohol motifs (C(OH)–C–C–N with tert-alkyl or cyclic N) is 1. The van der Waals surface area contributed by atoms with Crippen LogP contribution in [0, 0.1) is 0 Å². The van der Waals surface area contributed by atoms with Crippen LogP contribution < -0.4 is 0 Å². The van der Waals surface area contributed by atoms with Gasteiger partial charge in [-0.25, -0.2) is 0 Å². The molecule has 1 fully saturated rings. The van der Waals surface area contributed by atoms with Gasteiger partial charge in [-0.15, -0.1) is 11.8 Å². The molecular formula is C14H16N2O2S. The lowest BCUT2D eigenvalue weighted by atomic mass is 10.2. The normalized spacial score (nSPS) is 26.6. The summed E-state index contributed by atoms with van der Waals surface area (Å²) in [5.74, 6) is 0.755. The maximum Gasteiger partial charge on any atom is 0.248 e. The van der Waals surface area contributed by atoms with Gasteiger partial charge >= 0.3 is 0 Å². The summed E-state index contributed by atoms with van der Waals surface area (Å²) in [5.41, 5.74) is 1.07. The lowest BCUT2D eigenvalue weighted by Crippen LogP contribution is -2.37. The van der Waals surface area contributed by atoms with E-state index >= 15 is 0 Å². The first kappa shape index (κ1) is 12.7.